The molecule has 0 saturated heterocycles. The maximum absolute atomic E-state index is 12.8. The molecular weight excluding hydrogens is 463 g/mol. The summed E-state index contributed by atoms with van der Waals surface area (Å²) in [6.07, 6.45) is 1.31. The molecule has 170 valence electrons. The van der Waals surface area contributed by atoms with Crippen LogP contribution in [0.2, 0.25) is 10.0 Å². The minimum atomic E-state index is -3.77. The summed E-state index contributed by atoms with van der Waals surface area (Å²) in [7, 11) is -2.30. The molecule has 1 amide bonds. The molecule has 2 rings (SSSR count). The number of sulfonamides is 1. The Balaban J connectivity index is 2.09. The number of aryl methyl sites for hydroxylation is 1. The van der Waals surface area contributed by atoms with Crippen LogP contribution in [-0.2, 0) is 14.8 Å². The van der Waals surface area contributed by atoms with E-state index < -0.39 is 22.0 Å². The Morgan fingerprint density at radius 1 is 1.16 bits per heavy atom. The minimum Gasteiger partial charge on any atom is -0.495 e. The van der Waals surface area contributed by atoms with E-state index in [2.05, 4.69) is 5.32 Å². The number of benzene rings is 2. The van der Waals surface area contributed by atoms with Crippen LogP contribution in [0.3, 0.4) is 0 Å². The Morgan fingerprint density at radius 2 is 1.87 bits per heavy atom. The molecule has 1 unspecified atom stereocenters. The summed E-state index contributed by atoms with van der Waals surface area (Å²) >= 11 is 12.2. The Bertz CT molecular complexity index is 1030. The van der Waals surface area contributed by atoms with Crippen LogP contribution < -0.4 is 19.1 Å². The summed E-state index contributed by atoms with van der Waals surface area (Å²) < 4.78 is 36.8. The average molecular weight is 489 g/mol. The summed E-state index contributed by atoms with van der Waals surface area (Å²) in [6, 6.07) is 8.94. The lowest BCUT2D eigenvalue weighted by Gasteiger charge is -2.30. The van der Waals surface area contributed by atoms with Gasteiger partial charge in [0.05, 0.1) is 30.6 Å². The molecule has 0 aliphatic carbocycles. The monoisotopic (exact) mass is 488 g/mol. The fourth-order valence-electron chi connectivity index (χ4n) is 2.98. The number of ether oxygens (including phenoxy) is 2. The molecular formula is C21H26Cl2N2O5S. The van der Waals surface area contributed by atoms with Gasteiger partial charge in [-0.25, -0.2) is 8.42 Å². The van der Waals surface area contributed by atoms with Crippen molar-refractivity contribution in [1.82, 2.24) is 5.32 Å². The van der Waals surface area contributed by atoms with Crippen molar-refractivity contribution in [2.75, 3.05) is 30.8 Å². The van der Waals surface area contributed by atoms with Crippen molar-refractivity contribution in [2.24, 2.45) is 0 Å². The molecule has 0 saturated carbocycles. The summed E-state index contributed by atoms with van der Waals surface area (Å²) in [4.78, 5) is 12.8. The molecule has 0 aromatic heterocycles. The van der Waals surface area contributed by atoms with Crippen LogP contribution in [0.15, 0.2) is 36.4 Å². The second kappa shape index (κ2) is 10.9. The number of nitrogens with one attached hydrogen (secondary N) is 1. The van der Waals surface area contributed by atoms with Crippen LogP contribution in [0.25, 0.3) is 0 Å². The fourth-order valence-corrected chi connectivity index (χ4v) is 4.60. The van der Waals surface area contributed by atoms with Gasteiger partial charge in [0.25, 0.3) is 0 Å². The van der Waals surface area contributed by atoms with Gasteiger partial charge in [-0.05, 0) is 49.2 Å². The third-order valence-electron chi connectivity index (χ3n) is 4.53. The van der Waals surface area contributed by atoms with Gasteiger partial charge >= 0.3 is 0 Å². The van der Waals surface area contributed by atoms with Gasteiger partial charge in [-0.3, -0.25) is 9.10 Å². The van der Waals surface area contributed by atoms with Crippen LogP contribution in [-0.4, -0.2) is 46.9 Å². The lowest BCUT2D eigenvalue weighted by Crippen LogP contribution is -2.50. The van der Waals surface area contributed by atoms with Crippen molar-refractivity contribution in [3.8, 4) is 11.5 Å². The number of amides is 1. The van der Waals surface area contributed by atoms with Gasteiger partial charge < -0.3 is 14.8 Å². The maximum atomic E-state index is 12.8. The van der Waals surface area contributed by atoms with E-state index in [1.807, 2.05) is 13.0 Å². The first-order valence-corrected chi connectivity index (χ1v) is 12.2. The first-order valence-electron chi connectivity index (χ1n) is 9.58. The molecule has 0 heterocycles. The minimum absolute atomic E-state index is 0.196. The van der Waals surface area contributed by atoms with E-state index in [4.69, 9.17) is 32.7 Å². The molecule has 0 bridgehead atoms. The van der Waals surface area contributed by atoms with E-state index in [0.29, 0.717) is 16.5 Å². The number of methoxy groups -OCH3 is 1. The smallest absolute Gasteiger partial charge is 0.244 e. The van der Waals surface area contributed by atoms with Crippen molar-refractivity contribution < 1.29 is 22.7 Å². The van der Waals surface area contributed by atoms with Crippen LogP contribution in [0.5, 0.6) is 11.5 Å². The van der Waals surface area contributed by atoms with Crippen molar-refractivity contribution in [1.29, 1.82) is 0 Å². The SMILES string of the molecule is CCC(C(=O)NCCOc1ccc(C)c(Cl)c1)N(c1ccc(OC)c(Cl)c1)S(C)(=O)=O. The predicted molar refractivity (Wildman–Crippen MR) is 124 cm³/mol. The highest BCUT2D eigenvalue weighted by Gasteiger charge is 2.31. The first-order chi connectivity index (χ1) is 14.6. The molecule has 0 spiro atoms. The average Bonchev–Trinajstić information content (AvgIpc) is 2.70. The third-order valence-corrected chi connectivity index (χ3v) is 6.42. The maximum Gasteiger partial charge on any atom is 0.244 e. The first kappa shape index (κ1) is 25.1. The predicted octanol–water partition coefficient (Wildman–Crippen LogP) is 4.05. The van der Waals surface area contributed by atoms with Gasteiger partial charge in [-0.2, -0.15) is 0 Å². The van der Waals surface area contributed by atoms with Crippen LogP contribution in [0, 0.1) is 6.92 Å². The molecule has 31 heavy (non-hydrogen) atoms. The Labute approximate surface area is 193 Å². The van der Waals surface area contributed by atoms with E-state index in [1.165, 1.54) is 13.2 Å². The van der Waals surface area contributed by atoms with Crippen LogP contribution in [0.4, 0.5) is 5.69 Å². The van der Waals surface area contributed by atoms with E-state index >= 15 is 0 Å². The van der Waals surface area contributed by atoms with E-state index in [1.54, 1.807) is 31.2 Å². The number of hydrogen-bond donors (Lipinski definition) is 1. The number of nitrogens with zero attached hydrogens (tertiary/aromatic N) is 1. The topological polar surface area (TPSA) is 84.9 Å². The van der Waals surface area contributed by atoms with Crippen LogP contribution in [0.1, 0.15) is 18.9 Å². The summed E-state index contributed by atoms with van der Waals surface area (Å²) in [5.74, 6) is 0.553. The molecule has 0 aliphatic heterocycles. The van der Waals surface area contributed by atoms with E-state index in [0.717, 1.165) is 16.1 Å². The highest BCUT2D eigenvalue weighted by molar-refractivity contribution is 7.92. The largest absolute Gasteiger partial charge is 0.495 e. The number of halogens is 2. The third kappa shape index (κ3) is 6.66. The van der Waals surface area contributed by atoms with Gasteiger partial charge in [-0.1, -0.05) is 36.2 Å². The summed E-state index contributed by atoms with van der Waals surface area (Å²) in [6.45, 7) is 4.02. The summed E-state index contributed by atoms with van der Waals surface area (Å²) in [5.41, 5.74) is 1.22. The van der Waals surface area contributed by atoms with Crippen molar-refractivity contribution >= 4 is 44.8 Å². The zero-order valence-electron chi connectivity index (χ0n) is 17.8. The number of anilines is 1. The lowest BCUT2D eigenvalue weighted by molar-refractivity contribution is -0.122. The van der Waals surface area contributed by atoms with Crippen molar-refractivity contribution in [3.05, 3.63) is 52.0 Å². The molecule has 1 atom stereocenters. The molecule has 2 aromatic rings. The number of carbonyl (C=O) groups excluding carboxylic acids is 1. The lowest BCUT2D eigenvalue weighted by atomic mass is 10.2. The highest BCUT2D eigenvalue weighted by Crippen LogP contribution is 2.31. The Morgan fingerprint density at radius 3 is 2.42 bits per heavy atom. The molecule has 0 fully saturated rings. The zero-order valence-corrected chi connectivity index (χ0v) is 20.1. The Kier molecular flexibility index (Phi) is 8.85. The second-order valence-corrected chi connectivity index (χ2v) is 9.53. The van der Waals surface area contributed by atoms with Gasteiger partial charge in [0, 0.05) is 5.02 Å². The van der Waals surface area contributed by atoms with Crippen molar-refractivity contribution in [3.63, 3.8) is 0 Å². The normalized spacial score (nSPS) is 12.2. The van der Waals surface area contributed by atoms with Gasteiger partial charge in [0.15, 0.2) is 0 Å². The fraction of sp³-hybridized carbons (Fsp3) is 0.381. The second-order valence-electron chi connectivity index (χ2n) is 6.85. The molecule has 7 nitrogen and oxygen atoms in total. The molecule has 2 aromatic carbocycles. The number of carbonyl (C=O) groups is 1. The van der Waals surface area contributed by atoms with E-state index in [-0.39, 0.29) is 30.3 Å². The van der Waals surface area contributed by atoms with Gasteiger partial charge in [0.1, 0.15) is 24.1 Å². The molecule has 0 aliphatic rings. The van der Waals surface area contributed by atoms with Crippen LogP contribution >= 0.6 is 23.2 Å². The number of hydrogen-bond acceptors (Lipinski definition) is 5. The van der Waals surface area contributed by atoms with Gasteiger partial charge in [-0.15, -0.1) is 0 Å². The zero-order chi connectivity index (χ0) is 23.2. The standard InChI is InChI=1S/C21H26Cl2N2O5S/c1-5-19(21(26)24-10-11-30-16-8-6-14(2)17(22)13-16)25(31(4,27)28)15-7-9-20(29-3)18(23)12-15/h6-9,12-13,19H,5,10-11H2,1-4H3,(H,24,26). The van der Waals surface area contributed by atoms with Crippen molar-refractivity contribution in [2.45, 2.75) is 26.3 Å². The molecule has 10 heteroatoms. The van der Waals surface area contributed by atoms with E-state index in [9.17, 15) is 13.2 Å². The highest BCUT2D eigenvalue weighted by atomic mass is 35.5. The Hall–Kier alpha value is -2.16. The van der Waals surface area contributed by atoms with Gasteiger partial charge in [0.2, 0.25) is 15.9 Å². The summed E-state index contributed by atoms with van der Waals surface area (Å²) in [5, 5.41) is 3.57. The molecule has 0 radical (unpaired) electrons. The molecule has 1 N–H and O–H groups in total. The quantitative estimate of drug-likeness (QED) is 0.509. The number of rotatable bonds is 10.